The second kappa shape index (κ2) is 5.87. The zero-order valence-corrected chi connectivity index (χ0v) is 12.4. The number of fused-ring (bicyclic) bond motifs is 1. The largest absolute Gasteiger partial charge is 0.394 e. The maximum atomic E-state index is 9.35. The number of imidazole rings is 1. The molecule has 2 unspecified atom stereocenters. The summed E-state index contributed by atoms with van der Waals surface area (Å²) in [4.78, 5) is 11.3. The summed E-state index contributed by atoms with van der Waals surface area (Å²) in [5.41, 5.74) is 0.821. The lowest BCUT2D eigenvalue weighted by Crippen LogP contribution is -2.50. The highest BCUT2D eigenvalue weighted by Crippen LogP contribution is 2.25. The van der Waals surface area contributed by atoms with Crippen molar-refractivity contribution in [1.82, 2.24) is 14.4 Å². The molecule has 1 fully saturated rings. The number of hydrogen-bond acceptors (Lipinski definition) is 6. The van der Waals surface area contributed by atoms with Crippen LogP contribution in [-0.4, -0.2) is 57.9 Å². The Kier molecular flexibility index (Phi) is 3.94. The SMILES string of the molecule is CCNc1cn2ccnc2c(N2CC(CO)OCC2C)n1. The van der Waals surface area contributed by atoms with Gasteiger partial charge < -0.3 is 24.5 Å². The highest BCUT2D eigenvalue weighted by atomic mass is 16.5. The smallest absolute Gasteiger partial charge is 0.180 e. The minimum atomic E-state index is -0.180. The van der Waals surface area contributed by atoms with E-state index >= 15 is 0 Å². The molecule has 0 radical (unpaired) electrons. The van der Waals surface area contributed by atoms with Gasteiger partial charge in [-0.3, -0.25) is 0 Å². The lowest BCUT2D eigenvalue weighted by Gasteiger charge is -2.38. The van der Waals surface area contributed by atoms with Crippen LogP contribution in [0.3, 0.4) is 0 Å². The highest BCUT2D eigenvalue weighted by molar-refractivity contribution is 5.67. The van der Waals surface area contributed by atoms with Crippen LogP contribution in [0.15, 0.2) is 18.6 Å². The van der Waals surface area contributed by atoms with Crippen molar-refractivity contribution in [3.63, 3.8) is 0 Å². The van der Waals surface area contributed by atoms with E-state index in [2.05, 4.69) is 22.1 Å². The first-order valence-corrected chi connectivity index (χ1v) is 7.29. The molecule has 3 rings (SSSR count). The van der Waals surface area contributed by atoms with Gasteiger partial charge in [-0.2, -0.15) is 0 Å². The van der Waals surface area contributed by atoms with Gasteiger partial charge in [-0.25, -0.2) is 9.97 Å². The van der Waals surface area contributed by atoms with Crippen molar-refractivity contribution >= 4 is 17.3 Å². The van der Waals surface area contributed by atoms with Crippen LogP contribution in [0.25, 0.3) is 5.65 Å². The third kappa shape index (κ3) is 2.66. The monoisotopic (exact) mass is 291 g/mol. The number of hydrogen-bond donors (Lipinski definition) is 2. The predicted molar refractivity (Wildman–Crippen MR) is 80.8 cm³/mol. The third-order valence-electron chi connectivity index (χ3n) is 3.70. The van der Waals surface area contributed by atoms with Gasteiger partial charge in [0.05, 0.1) is 31.6 Å². The van der Waals surface area contributed by atoms with Crippen molar-refractivity contribution < 1.29 is 9.84 Å². The van der Waals surface area contributed by atoms with Crippen LogP contribution in [0.2, 0.25) is 0 Å². The fraction of sp³-hybridized carbons (Fsp3) is 0.571. The zero-order chi connectivity index (χ0) is 14.8. The van der Waals surface area contributed by atoms with E-state index in [1.54, 1.807) is 6.20 Å². The van der Waals surface area contributed by atoms with E-state index in [0.717, 1.165) is 23.8 Å². The number of morpholine rings is 1. The van der Waals surface area contributed by atoms with E-state index in [4.69, 9.17) is 9.72 Å². The van der Waals surface area contributed by atoms with E-state index in [9.17, 15) is 5.11 Å². The molecule has 2 atom stereocenters. The Morgan fingerprint density at radius 3 is 3.14 bits per heavy atom. The molecular formula is C14H21N5O2. The lowest BCUT2D eigenvalue weighted by molar-refractivity contribution is -0.0105. The third-order valence-corrected chi connectivity index (χ3v) is 3.70. The molecule has 21 heavy (non-hydrogen) atoms. The topological polar surface area (TPSA) is 74.9 Å². The summed E-state index contributed by atoms with van der Waals surface area (Å²) in [6, 6.07) is 0.192. The van der Waals surface area contributed by atoms with Crippen LogP contribution >= 0.6 is 0 Å². The summed E-state index contributed by atoms with van der Waals surface area (Å²) in [6.45, 7) is 6.15. The first-order valence-electron chi connectivity index (χ1n) is 7.29. The molecule has 0 spiro atoms. The Morgan fingerprint density at radius 1 is 1.52 bits per heavy atom. The highest BCUT2D eigenvalue weighted by Gasteiger charge is 2.28. The fourth-order valence-corrected chi connectivity index (χ4v) is 2.60. The van der Waals surface area contributed by atoms with Gasteiger partial charge in [0.15, 0.2) is 11.5 Å². The van der Waals surface area contributed by atoms with Gasteiger partial charge in [0.1, 0.15) is 5.82 Å². The van der Waals surface area contributed by atoms with Crippen molar-refractivity contribution in [2.45, 2.75) is 26.0 Å². The molecule has 1 aliphatic heterocycles. The summed E-state index contributed by atoms with van der Waals surface area (Å²) < 4.78 is 7.57. The molecule has 7 heteroatoms. The van der Waals surface area contributed by atoms with Gasteiger partial charge in [-0.1, -0.05) is 0 Å². The first kappa shape index (κ1) is 14.1. The van der Waals surface area contributed by atoms with Gasteiger partial charge in [0.2, 0.25) is 0 Å². The summed E-state index contributed by atoms with van der Waals surface area (Å²) in [5.74, 6) is 1.64. The normalized spacial score (nSPS) is 22.7. The Labute approximate surface area is 123 Å². The van der Waals surface area contributed by atoms with E-state index < -0.39 is 0 Å². The number of rotatable bonds is 4. The van der Waals surface area contributed by atoms with Crippen molar-refractivity contribution in [3.05, 3.63) is 18.6 Å². The maximum absolute atomic E-state index is 9.35. The number of aromatic nitrogens is 3. The number of aliphatic hydroxyl groups is 1. The molecule has 114 valence electrons. The van der Waals surface area contributed by atoms with Gasteiger partial charge in [-0.05, 0) is 13.8 Å². The average molecular weight is 291 g/mol. The van der Waals surface area contributed by atoms with Crippen molar-refractivity contribution in [1.29, 1.82) is 0 Å². The minimum absolute atomic E-state index is 0.0147. The Bertz CT molecular complexity index is 614. The molecule has 2 aromatic heterocycles. The minimum Gasteiger partial charge on any atom is -0.394 e. The number of anilines is 2. The van der Waals surface area contributed by atoms with Crippen LogP contribution < -0.4 is 10.2 Å². The van der Waals surface area contributed by atoms with Crippen molar-refractivity contribution in [2.24, 2.45) is 0 Å². The molecule has 2 N–H and O–H groups in total. The van der Waals surface area contributed by atoms with E-state index in [0.29, 0.717) is 13.2 Å². The van der Waals surface area contributed by atoms with Crippen molar-refractivity contribution in [2.75, 3.05) is 36.5 Å². The quantitative estimate of drug-likeness (QED) is 0.866. The molecule has 1 saturated heterocycles. The molecule has 0 amide bonds. The maximum Gasteiger partial charge on any atom is 0.180 e. The average Bonchev–Trinajstić information content (AvgIpc) is 2.96. The Morgan fingerprint density at radius 2 is 2.38 bits per heavy atom. The molecule has 0 aliphatic carbocycles. The van der Waals surface area contributed by atoms with E-state index in [-0.39, 0.29) is 18.8 Å². The van der Waals surface area contributed by atoms with Crippen LogP contribution in [0.1, 0.15) is 13.8 Å². The molecule has 0 bridgehead atoms. The van der Waals surface area contributed by atoms with Crippen LogP contribution in [0.5, 0.6) is 0 Å². The van der Waals surface area contributed by atoms with Crippen LogP contribution in [0.4, 0.5) is 11.6 Å². The summed E-state index contributed by atoms with van der Waals surface area (Å²) in [7, 11) is 0. The second-order valence-electron chi connectivity index (χ2n) is 5.28. The second-order valence-corrected chi connectivity index (χ2v) is 5.28. The molecule has 7 nitrogen and oxygen atoms in total. The van der Waals surface area contributed by atoms with Gasteiger partial charge in [0.25, 0.3) is 0 Å². The van der Waals surface area contributed by atoms with Crippen LogP contribution in [-0.2, 0) is 4.74 Å². The molecule has 0 saturated carbocycles. The molecule has 2 aromatic rings. The molecular weight excluding hydrogens is 270 g/mol. The summed E-state index contributed by atoms with van der Waals surface area (Å²) >= 11 is 0. The molecule has 0 aromatic carbocycles. The van der Waals surface area contributed by atoms with E-state index in [1.807, 2.05) is 23.7 Å². The number of aliphatic hydroxyl groups excluding tert-OH is 1. The Balaban J connectivity index is 2.02. The Hall–Kier alpha value is -1.86. The van der Waals surface area contributed by atoms with Crippen molar-refractivity contribution in [3.8, 4) is 0 Å². The predicted octanol–water partition coefficient (Wildman–Crippen LogP) is 0.747. The number of nitrogens with one attached hydrogen (secondary N) is 1. The molecule has 1 aliphatic rings. The van der Waals surface area contributed by atoms with Gasteiger partial charge in [0, 0.05) is 25.5 Å². The number of nitrogens with zero attached hydrogens (tertiary/aromatic N) is 4. The van der Waals surface area contributed by atoms with E-state index in [1.165, 1.54) is 0 Å². The standard InChI is InChI=1S/C14H21N5O2/c1-3-15-12-7-18-5-4-16-13(18)14(17-12)19-6-11(8-20)21-9-10(19)2/h4-5,7,10-11,15,20H,3,6,8-9H2,1-2H3. The van der Waals surface area contributed by atoms with Gasteiger partial charge >= 0.3 is 0 Å². The zero-order valence-electron chi connectivity index (χ0n) is 12.4. The summed E-state index contributed by atoms with van der Waals surface area (Å²) in [5, 5.41) is 12.6. The first-order chi connectivity index (χ1) is 10.2. The number of ether oxygens (including phenoxy) is 1. The van der Waals surface area contributed by atoms with Gasteiger partial charge in [-0.15, -0.1) is 0 Å². The van der Waals surface area contributed by atoms with Crippen LogP contribution in [0, 0.1) is 0 Å². The fourth-order valence-electron chi connectivity index (χ4n) is 2.60. The molecule has 3 heterocycles. The summed E-state index contributed by atoms with van der Waals surface area (Å²) in [6.07, 6.45) is 5.44. The lowest BCUT2D eigenvalue weighted by atomic mass is 10.2.